The highest BCUT2D eigenvalue weighted by Gasteiger charge is 2.13. The first-order chi connectivity index (χ1) is 10.0. The number of methoxy groups -OCH3 is 1. The molecule has 0 radical (unpaired) electrons. The van der Waals surface area contributed by atoms with Crippen molar-refractivity contribution in [2.45, 2.75) is 0 Å². The highest BCUT2D eigenvalue weighted by Crippen LogP contribution is 2.25. The first-order valence-corrected chi connectivity index (χ1v) is 6.28. The Bertz CT molecular complexity index is 681. The molecule has 2 rings (SSSR count). The third-order valence-corrected chi connectivity index (χ3v) is 2.83. The van der Waals surface area contributed by atoms with Crippen LogP contribution in [0.25, 0.3) is 0 Å². The number of carbonyl (C=O) groups excluding carboxylic acids is 1. The van der Waals surface area contributed by atoms with Crippen molar-refractivity contribution in [1.82, 2.24) is 15.3 Å². The smallest absolute Gasteiger partial charge is 0.254 e. The summed E-state index contributed by atoms with van der Waals surface area (Å²) < 4.78 is 18.7. The second-order valence-corrected chi connectivity index (χ2v) is 4.29. The van der Waals surface area contributed by atoms with Crippen molar-refractivity contribution in [3.63, 3.8) is 0 Å². The average Bonchev–Trinajstić information content (AvgIpc) is 2.50. The largest absolute Gasteiger partial charge is 0.496 e. The van der Waals surface area contributed by atoms with E-state index < -0.39 is 5.82 Å². The molecule has 0 aliphatic heterocycles. The lowest BCUT2D eigenvalue weighted by atomic mass is 10.1. The summed E-state index contributed by atoms with van der Waals surface area (Å²) >= 11 is 5.62. The summed E-state index contributed by atoms with van der Waals surface area (Å²) in [6, 6.07) is 4.74. The van der Waals surface area contributed by atoms with E-state index in [9.17, 15) is 9.18 Å². The number of nitrogens with one attached hydrogen (secondary N) is 2. The van der Waals surface area contributed by atoms with Gasteiger partial charge in [-0.25, -0.2) is 9.37 Å². The number of nitrogens with zero attached hydrogens (tertiary/aromatic N) is 2. The minimum Gasteiger partial charge on any atom is -0.496 e. The number of rotatable bonds is 4. The second kappa shape index (κ2) is 6.36. The summed E-state index contributed by atoms with van der Waals surface area (Å²) in [6.45, 7) is 0. The summed E-state index contributed by atoms with van der Waals surface area (Å²) in [6.07, 6.45) is 0.959. The molecule has 0 bridgehead atoms. The molecule has 0 saturated carbocycles. The van der Waals surface area contributed by atoms with Gasteiger partial charge in [-0.2, -0.15) is 4.98 Å². The predicted octanol–water partition coefficient (Wildman–Crippen LogP) is 2.38. The number of hydrogen-bond donors (Lipinski definition) is 2. The molecule has 0 fully saturated rings. The van der Waals surface area contributed by atoms with Gasteiger partial charge in [0.1, 0.15) is 5.75 Å². The zero-order chi connectivity index (χ0) is 15.4. The van der Waals surface area contributed by atoms with Crippen LogP contribution in [0, 0.1) is 5.82 Å². The number of carbonyl (C=O) groups is 1. The monoisotopic (exact) mass is 310 g/mol. The third-order valence-electron chi connectivity index (χ3n) is 2.65. The molecule has 2 N–H and O–H groups in total. The van der Waals surface area contributed by atoms with Gasteiger partial charge in [-0.3, -0.25) is 4.79 Å². The SMILES string of the molecule is CNC(=O)c1cc(Nc2nc(Cl)ncc2F)ccc1OC. The van der Waals surface area contributed by atoms with E-state index in [4.69, 9.17) is 16.3 Å². The van der Waals surface area contributed by atoms with E-state index in [0.29, 0.717) is 17.0 Å². The maximum Gasteiger partial charge on any atom is 0.254 e. The normalized spacial score (nSPS) is 10.1. The maximum atomic E-state index is 13.6. The van der Waals surface area contributed by atoms with Crippen LogP contribution < -0.4 is 15.4 Å². The van der Waals surface area contributed by atoms with Gasteiger partial charge in [0.15, 0.2) is 11.6 Å². The van der Waals surface area contributed by atoms with Gasteiger partial charge in [-0.05, 0) is 29.8 Å². The fourth-order valence-corrected chi connectivity index (χ4v) is 1.80. The van der Waals surface area contributed by atoms with Gasteiger partial charge in [-0.15, -0.1) is 0 Å². The van der Waals surface area contributed by atoms with Gasteiger partial charge in [0.25, 0.3) is 5.91 Å². The Hall–Kier alpha value is -2.41. The zero-order valence-corrected chi connectivity index (χ0v) is 12.0. The molecule has 8 heteroatoms. The maximum absolute atomic E-state index is 13.6. The molecule has 0 aliphatic rings. The van der Waals surface area contributed by atoms with Crippen LogP contribution in [0.1, 0.15) is 10.4 Å². The minimum absolute atomic E-state index is 0.0805. The fraction of sp³-hybridized carbons (Fsp3) is 0.154. The van der Waals surface area contributed by atoms with Crippen LogP contribution in [0.15, 0.2) is 24.4 Å². The number of halogens is 2. The molecule has 2 aromatic rings. The van der Waals surface area contributed by atoms with Gasteiger partial charge in [-0.1, -0.05) is 0 Å². The molecule has 1 heterocycles. The number of benzene rings is 1. The van der Waals surface area contributed by atoms with E-state index in [0.717, 1.165) is 6.20 Å². The van der Waals surface area contributed by atoms with Crippen LogP contribution in [0.5, 0.6) is 5.75 Å². The molecule has 6 nitrogen and oxygen atoms in total. The minimum atomic E-state index is -0.656. The van der Waals surface area contributed by atoms with Crippen molar-refractivity contribution in [2.75, 3.05) is 19.5 Å². The lowest BCUT2D eigenvalue weighted by Crippen LogP contribution is -2.18. The lowest BCUT2D eigenvalue weighted by molar-refractivity contribution is 0.0960. The number of aromatic nitrogens is 2. The fourth-order valence-electron chi connectivity index (χ4n) is 1.67. The van der Waals surface area contributed by atoms with Gasteiger partial charge in [0.05, 0.1) is 18.9 Å². The van der Waals surface area contributed by atoms with Crippen LogP contribution in [-0.2, 0) is 0 Å². The number of hydrogen-bond acceptors (Lipinski definition) is 5. The van der Waals surface area contributed by atoms with E-state index in [1.54, 1.807) is 12.1 Å². The van der Waals surface area contributed by atoms with Gasteiger partial charge < -0.3 is 15.4 Å². The van der Waals surface area contributed by atoms with Gasteiger partial charge in [0.2, 0.25) is 5.28 Å². The molecular weight excluding hydrogens is 299 g/mol. The average molecular weight is 311 g/mol. The molecule has 21 heavy (non-hydrogen) atoms. The Morgan fingerprint density at radius 3 is 2.86 bits per heavy atom. The van der Waals surface area contributed by atoms with Gasteiger partial charge in [0, 0.05) is 12.7 Å². The van der Waals surface area contributed by atoms with Crippen molar-refractivity contribution < 1.29 is 13.9 Å². The standard InChI is InChI=1S/C13H12ClFN4O2/c1-16-12(20)8-5-7(3-4-10(8)21-2)18-11-9(15)6-17-13(14)19-11/h3-6H,1-2H3,(H,16,20)(H,17,18,19). The summed E-state index contributed by atoms with van der Waals surface area (Å²) in [7, 11) is 2.96. The Balaban J connectivity index is 2.36. The number of anilines is 2. The Kier molecular flexibility index (Phi) is 4.54. The second-order valence-electron chi connectivity index (χ2n) is 3.95. The quantitative estimate of drug-likeness (QED) is 0.848. The molecule has 0 atom stereocenters. The zero-order valence-electron chi connectivity index (χ0n) is 11.3. The Morgan fingerprint density at radius 1 is 1.43 bits per heavy atom. The van der Waals surface area contributed by atoms with Crippen LogP contribution in [-0.4, -0.2) is 30.0 Å². The molecule has 0 unspecified atom stereocenters. The van der Waals surface area contributed by atoms with Crippen molar-refractivity contribution in [3.8, 4) is 5.75 Å². The van der Waals surface area contributed by atoms with Crippen molar-refractivity contribution >= 4 is 29.0 Å². The summed E-state index contributed by atoms with van der Waals surface area (Å²) in [5.41, 5.74) is 0.772. The first kappa shape index (κ1) is 15.0. The third kappa shape index (κ3) is 3.38. The predicted molar refractivity (Wildman–Crippen MR) is 76.7 cm³/mol. The van der Waals surface area contributed by atoms with E-state index in [1.165, 1.54) is 20.2 Å². The molecular formula is C13H12ClFN4O2. The Morgan fingerprint density at radius 2 is 2.19 bits per heavy atom. The van der Waals surface area contributed by atoms with Crippen molar-refractivity contribution in [3.05, 3.63) is 41.1 Å². The molecule has 1 aromatic carbocycles. The van der Waals surface area contributed by atoms with Crippen LogP contribution >= 0.6 is 11.6 Å². The molecule has 0 aliphatic carbocycles. The van der Waals surface area contributed by atoms with Crippen LogP contribution in [0.2, 0.25) is 5.28 Å². The summed E-state index contributed by atoms with van der Waals surface area (Å²) in [5.74, 6) is -0.655. The van der Waals surface area contributed by atoms with E-state index in [2.05, 4.69) is 20.6 Å². The Labute approximate surface area is 125 Å². The van der Waals surface area contributed by atoms with Gasteiger partial charge >= 0.3 is 0 Å². The van der Waals surface area contributed by atoms with Crippen molar-refractivity contribution in [2.24, 2.45) is 0 Å². The summed E-state index contributed by atoms with van der Waals surface area (Å²) in [4.78, 5) is 19.0. The van der Waals surface area contributed by atoms with Crippen molar-refractivity contribution in [1.29, 1.82) is 0 Å². The number of ether oxygens (including phenoxy) is 1. The van der Waals surface area contributed by atoms with E-state index in [1.807, 2.05) is 0 Å². The van der Waals surface area contributed by atoms with E-state index in [-0.39, 0.29) is 17.0 Å². The highest BCUT2D eigenvalue weighted by molar-refractivity contribution is 6.28. The van der Waals surface area contributed by atoms with Crippen LogP contribution in [0.4, 0.5) is 15.9 Å². The highest BCUT2D eigenvalue weighted by atomic mass is 35.5. The molecule has 1 amide bonds. The molecule has 110 valence electrons. The topological polar surface area (TPSA) is 76.1 Å². The molecule has 1 aromatic heterocycles. The summed E-state index contributed by atoms with van der Waals surface area (Å²) in [5, 5.41) is 5.15. The van der Waals surface area contributed by atoms with E-state index >= 15 is 0 Å². The lowest BCUT2D eigenvalue weighted by Gasteiger charge is -2.11. The number of amides is 1. The first-order valence-electron chi connectivity index (χ1n) is 5.90. The molecule has 0 saturated heterocycles. The molecule has 0 spiro atoms. The van der Waals surface area contributed by atoms with Crippen LogP contribution in [0.3, 0.4) is 0 Å².